The molecule has 2 aromatic carbocycles. The molecule has 6 heteroatoms. The molecule has 0 fully saturated rings. The number of nitrogens with zero attached hydrogens (tertiary/aromatic N) is 1. The summed E-state index contributed by atoms with van der Waals surface area (Å²) in [5.74, 6) is -0.305. The van der Waals surface area contributed by atoms with Crippen molar-refractivity contribution in [2.45, 2.75) is 0 Å². The average molecular weight is 317 g/mol. The summed E-state index contributed by atoms with van der Waals surface area (Å²) in [6.07, 6.45) is 0. The number of nitrogens with one attached hydrogen (secondary N) is 1. The minimum absolute atomic E-state index is 0.167. The number of carbonyl (C=O) groups excluding carboxylic acids is 1. The van der Waals surface area contributed by atoms with E-state index < -0.39 is 0 Å². The fraction of sp³-hybridized carbons (Fsp3) is 0. The van der Waals surface area contributed by atoms with E-state index in [1.807, 2.05) is 6.07 Å². The Morgan fingerprint density at radius 1 is 1.14 bits per heavy atom. The average Bonchev–Trinajstić information content (AvgIpc) is 2.47. The second kappa shape index (κ2) is 5.63. The molecule has 3 rings (SSSR count). The van der Waals surface area contributed by atoms with Crippen molar-refractivity contribution in [1.82, 2.24) is 4.98 Å². The third-order valence-corrected chi connectivity index (χ3v) is 3.87. The number of anilines is 1. The topological polar surface area (TPSA) is 59.1 Å². The van der Waals surface area contributed by atoms with Gasteiger partial charge in [0.05, 0.1) is 10.9 Å². The molecule has 4 nitrogen and oxygen atoms in total. The summed E-state index contributed by atoms with van der Waals surface area (Å²) < 4.78 is -0.167. The first-order valence-corrected chi connectivity index (χ1v) is 7.30. The Balaban J connectivity index is 1.98. The lowest BCUT2D eigenvalue weighted by Gasteiger charge is -2.04. The van der Waals surface area contributed by atoms with E-state index in [-0.39, 0.29) is 15.8 Å². The summed E-state index contributed by atoms with van der Waals surface area (Å²) in [4.78, 5) is 28.3. The van der Waals surface area contributed by atoms with Crippen LogP contribution in [0.4, 0.5) is 5.13 Å². The molecule has 0 aliphatic rings. The molecule has 1 amide bonds. The Morgan fingerprint density at radius 3 is 2.67 bits per heavy atom. The van der Waals surface area contributed by atoms with Gasteiger partial charge in [-0.15, -0.1) is 0 Å². The fourth-order valence-corrected chi connectivity index (χ4v) is 2.77. The van der Waals surface area contributed by atoms with Crippen molar-refractivity contribution in [2.24, 2.45) is 0 Å². The van der Waals surface area contributed by atoms with Gasteiger partial charge in [-0.2, -0.15) is 0 Å². The highest BCUT2D eigenvalue weighted by Crippen LogP contribution is 2.19. The molecule has 0 aliphatic carbocycles. The largest absolute Gasteiger partial charge is 0.298 e. The van der Waals surface area contributed by atoms with E-state index in [1.165, 1.54) is 0 Å². The zero-order valence-electron chi connectivity index (χ0n) is 10.7. The first-order chi connectivity index (χ1) is 10.1. The fourth-order valence-electron chi connectivity index (χ4n) is 1.86. The van der Waals surface area contributed by atoms with Gasteiger partial charge in [0.2, 0.25) is 4.74 Å². The second-order valence-corrected chi connectivity index (χ2v) is 5.69. The van der Waals surface area contributed by atoms with Crippen molar-refractivity contribution in [1.29, 1.82) is 0 Å². The molecule has 1 heterocycles. The lowest BCUT2D eigenvalue weighted by Crippen LogP contribution is -2.13. The van der Waals surface area contributed by atoms with Crippen LogP contribution in [0.3, 0.4) is 0 Å². The number of hydrogen-bond donors (Lipinski definition) is 1. The number of carbonyl (C=O) groups is 1. The first kappa shape index (κ1) is 13.7. The molecule has 1 N–H and O–H groups in total. The smallest absolute Gasteiger partial charge is 0.257 e. The lowest BCUT2D eigenvalue weighted by atomic mass is 10.2. The van der Waals surface area contributed by atoms with E-state index in [1.54, 1.807) is 42.5 Å². The Bertz CT molecular complexity index is 878. The van der Waals surface area contributed by atoms with Crippen molar-refractivity contribution < 1.29 is 4.79 Å². The van der Waals surface area contributed by atoms with Crippen LogP contribution in [0.1, 0.15) is 10.4 Å². The number of amides is 1. The van der Waals surface area contributed by atoms with Gasteiger partial charge in [-0.25, -0.2) is 4.98 Å². The highest BCUT2D eigenvalue weighted by molar-refractivity contribution is 7.13. The zero-order valence-corrected chi connectivity index (χ0v) is 12.2. The molecule has 0 radical (unpaired) electrons. The van der Waals surface area contributed by atoms with Crippen LogP contribution in [0.15, 0.2) is 53.3 Å². The molecule has 0 spiro atoms. The molecule has 104 valence electrons. The zero-order chi connectivity index (χ0) is 14.8. The van der Waals surface area contributed by atoms with E-state index in [9.17, 15) is 9.59 Å². The first-order valence-electron chi connectivity index (χ1n) is 6.10. The predicted molar refractivity (Wildman–Crippen MR) is 85.3 cm³/mol. The Kier molecular flexibility index (Phi) is 3.68. The normalized spacial score (nSPS) is 10.5. The van der Waals surface area contributed by atoms with Gasteiger partial charge in [-0.1, -0.05) is 41.1 Å². The van der Waals surface area contributed by atoms with Gasteiger partial charge in [0.1, 0.15) is 0 Å². The molecule has 1 aromatic heterocycles. The van der Waals surface area contributed by atoms with Crippen molar-refractivity contribution in [3.8, 4) is 0 Å². The van der Waals surface area contributed by atoms with Crippen LogP contribution in [0, 0.1) is 0 Å². The molecular formula is C15H9ClN2O2S. The van der Waals surface area contributed by atoms with Crippen LogP contribution >= 0.6 is 22.9 Å². The Labute approximate surface area is 129 Å². The number of rotatable bonds is 2. The molecule has 0 saturated heterocycles. The highest BCUT2D eigenvalue weighted by Gasteiger charge is 2.10. The second-order valence-electron chi connectivity index (χ2n) is 4.29. The number of benzene rings is 2. The van der Waals surface area contributed by atoms with Gasteiger partial charge in [0.25, 0.3) is 5.91 Å². The summed E-state index contributed by atoms with van der Waals surface area (Å²) in [5, 5.41) is 3.87. The van der Waals surface area contributed by atoms with Crippen LogP contribution in [0.25, 0.3) is 10.9 Å². The number of hydrogen-bond acceptors (Lipinski definition) is 4. The summed E-state index contributed by atoms with van der Waals surface area (Å²) in [6.45, 7) is 0. The van der Waals surface area contributed by atoms with Crippen LogP contribution < -0.4 is 10.1 Å². The van der Waals surface area contributed by atoms with Gasteiger partial charge >= 0.3 is 0 Å². The molecule has 0 atom stereocenters. The minimum atomic E-state index is -0.305. The summed E-state index contributed by atoms with van der Waals surface area (Å²) in [7, 11) is 0. The van der Waals surface area contributed by atoms with Crippen molar-refractivity contribution >= 4 is 44.9 Å². The Morgan fingerprint density at radius 2 is 1.90 bits per heavy atom. The van der Waals surface area contributed by atoms with Crippen LogP contribution in [-0.2, 0) is 0 Å². The van der Waals surface area contributed by atoms with Crippen molar-refractivity contribution in [3.05, 3.63) is 68.7 Å². The standard InChI is InChI=1S/C15H9ClN2O2S/c16-10-6-7-11-12(8-10)17-15(21-14(11)20)18-13(19)9-4-2-1-3-5-9/h1-8H,(H,17,18,19). The van der Waals surface area contributed by atoms with Crippen molar-refractivity contribution in [3.63, 3.8) is 0 Å². The maximum atomic E-state index is 12.1. The maximum absolute atomic E-state index is 12.1. The maximum Gasteiger partial charge on any atom is 0.257 e. The van der Waals surface area contributed by atoms with E-state index in [2.05, 4.69) is 10.3 Å². The molecule has 0 unspecified atom stereocenters. The SMILES string of the molecule is O=C(Nc1nc2cc(Cl)ccc2c(=O)s1)c1ccccc1. The lowest BCUT2D eigenvalue weighted by molar-refractivity contribution is 0.102. The number of halogens is 1. The monoisotopic (exact) mass is 316 g/mol. The van der Waals surface area contributed by atoms with E-state index in [4.69, 9.17) is 11.6 Å². The third kappa shape index (κ3) is 2.94. The van der Waals surface area contributed by atoms with E-state index >= 15 is 0 Å². The predicted octanol–water partition coefficient (Wildman–Crippen LogP) is 3.56. The van der Waals surface area contributed by atoms with Crippen LogP contribution in [0.2, 0.25) is 5.02 Å². The van der Waals surface area contributed by atoms with Crippen LogP contribution in [0.5, 0.6) is 0 Å². The molecule has 21 heavy (non-hydrogen) atoms. The number of aromatic nitrogens is 1. The number of fused-ring (bicyclic) bond motifs is 1. The molecule has 0 bridgehead atoms. The van der Waals surface area contributed by atoms with Gasteiger partial charge in [-0.3, -0.25) is 14.9 Å². The van der Waals surface area contributed by atoms with Crippen LogP contribution in [-0.4, -0.2) is 10.9 Å². The van der Waals surface area contributed by atoms with Crippen molar-refractivity contribution in [2.75, 3.05) is 5.32 Å². The van der Waals surface area contributed by atoms with Gasteiger partial charge in [0.15, 0.2) is 5.13 Å². The molecule has 3 aromatic rings. The molecular weight excluding hydrogens is 308 g/mol. The molecule has 0 aliphatic heterocycles. The minimum Gasteiger partial charge on any atom is -0.298 e. The van der Waals surface area contributed by atoms with E-state index in [0.717, 1.165) is 11.3 Å². The highest BCUT2D eigenvalue weighted by atomic mass is 35.5. The van der Waals surface area contributed by atoms with E-state index in [0.29, 0.717) is 21.5 Å². The summed E-state index contributed by atoms with van der Waals surface area (Å²) >= 11 is 6.79. The summed E-state index contributed by atoms with van der Waals surface area (Å²) in [5.41, 5.74) is 0.972. The summed E-state index contributed by atoms with van der Waals surface area (Å²) in [6, 6.07) is 13.6. The third-order valence-electron chi connectivity index (χ3n) is 2.85. The van der Waals surface area contributed by atoms with Gasteiger partial charge in [0, 0.05) is 10.6 Å². The Hall–Kier alpha value is -2.24. The molecule has 0 saturated carbocycles. The van der Waals surface area contributed by atoms with Gasteiger partial charge in [-0.05, 0) is 30.3 Å². The quantitative estimate of drug-likeness (QED) is 0.786. The van der Waals surface area contributed by atoms with Gasteiger partial charge < -0.3 is 0 Å².